The predicted octanol–water partition coefficient (Wildman–Crippen LogP) is 5.34. The third-order valence-electron chi connectivity index (χ3n) is 14.3. The summed E-state index contributed by atoms with van der Waals surface area (Å²) in [6, 6.07) is 1.42. The van der Waals surface area contributed by atoms with Crippen molar-refractivity contribution in [2.45, 2.75) is 161 Å². The Morgan fingerprint density at radius 3 is 2.34 bits per heavy atom. The van der Waals surface area contributed by atoms with E-state index in [1.807, 2.05) is 84.9 Å². The number of aliphatic hydroxyl groups excluding tert-OH is 4. The smallest absolute Gasteiger partial charge is 0.448 e. The van der Waals surface area contributed by atoms with Gasteiger partial charge in [-0.15, -0.1) is 0 Å². The monoisotopic (exact) mass is 1020 g/mol. The molecule has 20 heteroatoms. The molecule has 0 bridgehead atoms. The Morgan fingerprint density at radius 1 is 1.07 bits per heavy atom. The van der Waals surface area contributed by atoms with Crippen LogP contribution in [-0.2, 0) is 37.6 Å². The lowest BCUT2D eigenvalue weighted by molar-refractivity contribution is -0.334. The number of aromatic nitrogens is 1. The van der Waals surface area contributed by atoms with E-state index < -0.39 is 91.8 Å². The van der Waals surface area contributed by atoms with Crippen molar-refractivity contribution >= 4 is 19.8 Å². The molecular weight excluding hydrogens is 940 g/mol. The van der Waals surface area contributed by atoms with Crippen LogP contribution in [0.5, 0.6) is 0 Å². The van der Waals surface area contributed by atoms with Gasteiger partial charge in [0, 0.05) is 75.9 Å². The number of allylic oxidation sites excluding steroid dienone is 7. The number of phosphoric acid groups is 1. The van der Waals surface area contributed by atoms with E-state index in [1.165, 1.54) is 33.7 Å². The number of nitriles is 1. The number of nitrogens with zero attached hydrogens (tertiary/aromatic N) is 3. The number of aliphatic hydroxyl groups is 4. The van der Waals surface area contributed by atoms with Crippen LogP contribution in [0.4, 0.5) is 0 Å². The number of carbonyl (C=O) groups excluding carboxylic acids is 1. The minimum Gasteiger partial charge on any atom is -0.448 e. The van der Waals surface area contributed by atoms with E-state index in [0.29, 0.717) is 18.0 Å². The van der Waals surface area contributed by atoms with Crippen LogP contribution in [0.25, 0.3) is 6.08 Å². The van der Waals surface area contributed by atoms with Crippen LogP contribution in [0.2, 0.25) is 0 Å². The number of likely N-dealkylation sites (N-methyl/N-ethyl adjacent to an activating group) is 1. The van der Waals surface area contributed by atoms with Crippen molar-refractivity contribution in [1.82, 2.24) is 15.2 Å². The minimum absolute atomic E-state index is 0.0316. The fourth-order valence-corrected chi connectivity index (χ4v) is 9.94. The topological polar surface area (TPSA) is 276 Å². The summed E-state index contributed by atoms with van der Waals surface area (Å²) in [6.07, 6.45) is 5.63. The Kier molecular flexibility index (Phi) is 24.2. The zero-order valence-electron chi connectivity index (χ0n) is 44.1. The molecule has 1 spiro atoms. The summed E-state index contributed by atoms with van der Waals surface area (Å²) in [5.74, 6) is -3.23. The molecule has 2 aliphatic heterocycles. The first-order valence-electron chi connectivity index (χ1n) is 24.2. The summed E-state index contributed by atoms with van der Waals surface area (Å²) in [4.78, 5) is 39.4. The number of phosphoric ester groups is 1. The average molecular weight is 1020 g/mol. The summed E-state index contributed by atoms with van der Waals surface area (Å²) in [6.45, 7) is 17.0. The van der Waals surface area contributed by atoms with Gasteiger partial charge in [-0.2, -0.15) is 5.26 Å². The highest BCUT2D eigenvalue weighted by Crippen LogP contribution is 2.59. The molecule has 2 fully saturated rings. The van der Waals surface area contributed by atoms with Crippen molar-refractivity contribution in [2.75, 3.05) is 48.6 Å². The van der Waals surface area contributed by atoms with E-state index >= 15 is 0 Å². The van der Waals surface area contributed by atoms with E-state index in [4.69, 9.17) is 37.9 Å². The number of oxazole rings is 1. The van der Waals surface area contributed by atoms with Crippen LogP contribution in [0.15, 0.2) is 63.9 Å². The Morgan fingerprint density at radius 2 is 1.75 bits per heavy atom. The third-order valence-corrected chi connectivity index (χ3v) is 14.8. The quantitative estimate of drug-likeness (QED) is 0.0333. The van der Waals surface area contributed by atoms with E-state index in [-0.39, 0.29) is 50.2 Å². The van der Waals surface area contributed by atoms with Crippen molar-refractivity contribution in [3.63, 3.8) is 0 Å². The number of hydrogen-bond acceptors (Lipinski definition) is 16. The highest BCUT2D eigenvalue weighted by Gasteiger charge is 2.68. The molecule has 19 nitrogen and oxygen atoms in total. The molecule has 0 unspecified atom stereocenters. The van der Waals surface area contributed by atoms with Crippen LogP contribution >= 0.6 is 7.82 Å². The highest BCUT2D eigenvalue weighted by molar-refractivity contribution is 7.46. The third kappa shape index (κ3) is 16.8. The van der Waals surface area contributed by atoms with Gasteiger partial charge in [-0.1, -0.05) is 77.5 Å². The molecule has 3 rings (SSSR count). The molecule has 2 aliphatic rings. The number of amides is 1. The lowest BCUT2D eigenvalue weighted by Gasteiger charge is -2.50. The molecule has 402 valence electrons. The molecule has 71 heavy (non-hydrogen) atoms. The Balaban J connectivity index is 1.77. The normalized spacial score (nSPS) is 27.4. The van der Waals surface area contributed by atoms with Crippen LogP contribution in [0, 0.1) is 34.5 Å². The first-order chi connectivity index (χ1) is 33.2. The zero-order chi connectivity index (χ0) is 53.6. The van der Waals surface area contributed by atoms with Crippen molar-refractivity contribution in [3.8, 4) is 6.07 Å². The zero-order valence-corrected chi connectivity index (χ0v) is 45.0. The second-order valence-electron chi connectivity index (χ2n) is 20.1. The van der Waals surface area contributed by atoms with Gasteiger partial charge in [0.15, 0.2) is 17.8 Å². The standard InChI is InChI=1S/C51H83N4O15P/c1-30(21-23-52)17-15-18-31(2)33(4)25-34(5)43(57)36(7)41(65-13)26-42(66-14)46-47(70-71(61,62)63)50(8,9)51(69-46)27-39(56)35(6)40(68-51)20-16-19-37-28-67-49(54-37)32(3)22-24-53-48(60)45(59)44(58)38(29-64-12)55(10)11/h15-19,21,25,28,32,34-36,38-47,56-59H,20,22,24,26-27,29H2,1-14H3,(H,53,60)(H2,61,62,63)/b17-15+,19-16+,30-21-,31-18-,33-25+/t32-,34+,35-,36-,38-,39+,40-,41-,42-,43+,44-,45-,46+,47-,51+/m0/s1. The fraction of sp³-hybridized carbons (Fsp3) is 0.706. The minimum atomic E-state index is -5.13. The van der Waals surface area contributed by atoms with Gasteiger partial charge in [0.1, 0.15) is 30.3 Å². The molecule has 0 saturated carbocycles. The van der Waals surface area contributed by atoms with Crippen molar-refractivity contribution in [1.29, 1.82) is 5.26 Å². The van der Waals surface area contributed by atoms with Gasteiger partial charge in [-0.05, 0) is 64.9 Å². The maximum Gasteiger partial charge on any atom is 0.469 e. The molecule has 15 atom stereocenters. The second kappa shape index (κ2) is 27.8. The molecule has 0 radical (unpaired) electrons. The number of ether oxygens (including phenoxy) is 5. The second-order valence-corrected chi connectivity index (χ2v) is 21.3. The molecule has 7 N–H and O–H groups in total. The largest absolute Gasteiger partial charge is 0.469 e. The van der Waals surface area contributed by atoms with Gasteiger partial charge >= 0.3 is 7.82 Å². The van der Waals surface area contributed by atoms with Gasteiger partial charge in [0.25, 0.3) is 5.91 Å². The average Bonchev–Trinajstić information content (AvgIpc) is 3.85. The molecule has 1 aromatic rings. The van der Waals surface area contributed by atoms with Gasteiger partial charge in [0.2, 0.25) is 0 Å². The first-order valence-corrected chi connectivity index (χ1v) is 25.7. The van der Waals surface area contributed by atoms with E-state index in [2.05, 4.69) is 10.3 Å². The molecule has 3 heterocycles. The fourth-order valence-electron chi connectivity index (χ4n) is 9.26. The molecule has 1 amide bonds. The van der Waals surface area contributed by atoms with Gasteiger partial charge in [-0.3, -0.25) is 9.32 Å². The van der Waals surface area contributed by atoms with Gasteiger partial charge < -0.3 is 68.5 Å². The van der Waals surface area contributed by atoms with Crippen LogP contribution < -0.4 is 5.32 Å². The number of nitrogens with one attached hydrogen (secondary N) is 1. The molecule has 0 aliphatic carbocycles. The maximum absolute atomic E-state index is 12.6. The highest BCUT2D eigenvalue weighted by atomic mass is 31.2. The van der Waals surface area contributed by atoms with Gasteiger partial charge in [0.05, 0.1) is 49.2 Å². The maximum atomic E-state index is 12.6. The number of hydrogen-bond donors (Lipinski definition) is 7. The SMILES string of the molecule is COC[C@@H]([C@H](O)[C@H](O)C(=O)NCC[C@H](C)c1nc(/C=C/C[C@@H]2O[C@]3(C[C@@H](O)[C@@H]2C)O[C@H]([C@H](C[C@H](OC)[C@H](C)[C@H](O)[C@H](C)/C=C(C)/C(C)=C\C=C\C(C)=C/C#N)OC)[C@H](OP(=O)(O)O)C3(C)C)co1)N(C)C. The predicted molar refractivity (Wildman–Crippen MR) is 267 cm³/mol. The van der Waals surface area contributed by atoms with Crippen LogP contribution in [0.1, 0.15) is 105 Å². The Hall–Kier alpha value is -3.42. The number of methoxy groups -OCH3 is 3. The van der Waals surface area contributed by atoms with E-state index in [0.717, 1.165) is 16.7 Å². The summed E-state index contributed by atoms with van der Waals surface area (Å²) in [7, 11) is 2.75. The van der Waals surface area contributed by atoms with Crippen LogP contribution in [-0.4, -0.2) is 161 Å². The molecule has 2 saturated heterocycles. The molecule has 0 aromatic carbocycles. The van der Waals surface area contributed by atoms with Crippen molar-refractivity contribution < 1.29 is 72.2 Å². The van der Waals surface area contributed by atoms with Crippen molar-refractivity contribution in [2.24, 2.45) is 23.2 Å². The summed E-state index contributed by atoms with van der Waals surface area (Å²) in [5, 5.41) is 55.8. The lowest BCUT2D eigenvalue weighted by Crippen LogP contribution is -2.58. The summed E-state index contributed by atoms with van der Waals surface area (Å²) >= 11 is 0. The molecule has 1 aromatic heterocycles. The first kappa shape index (κ1) is 61.9. The van der Waals surface area contributed by atoms with Gasteiger partial charge in [-0.25, -0.2) is 9.55 Å². The summed E-state index contributed by atoms with van der Waals surface area (Å²) in [5.41, 5.74) is 2.02. The van der Waals surface area contributed by atoms with Crippen molar-refractivity contribution in [3.05, 3.63) is 71.0 Å². The Labute approximate surface area is 420 Å². The number of carbonyl (C=O) groups is 1. The van der Waals surface area contributed by atoms with E-state index in [1.54, 1.807) is 38.9 Å². The van der Waals surface area contributed by atoms with E-state index in [9.17, 15) is 39.6 Å². The lowest BCUT2D eigenvalue weighted by atomic mass is 9.72. The molecular formula is C51H83N4O15P. The Bertz CT molecular complexity index is 2090. The number of rotatable bonds is 27. The van der Waals surface area contributed by atoms with Crippen LogP contribution in [0.3, 0.4) is 0 Å². The summed E-state index contributed by atoms with van der Waals surface area (Å²) < 4.78 is 54.6.